The van der Waals surface area contributed by atoms with Gasteiger partial charge in [0.25, 0.3) is 0 Å². The van der Waals surface area contributed by atoms with E-state index in [4.69, 9.17) is 10.5 Å². The van der Waals surface area contributed by atoms with Crippen LogP contribution in [0.4, 0.5) is 5.69 Å². The van der Waals surface area contributed by atoms with Crippen molar-refractivity contribution in [3.8, 4) is 0 Å². The van der Waals surface area contributed by atoms with Crippen molar-refractivity contribution in [1.82, 2.24) is 0 Å². The quantitative estimate of drug-likeness (QED) is 0.888. The lowest BCUT2D eigenvalue weighted by Gasteiger charge is -2.29. The third-order valence-electron chi connectivity index (χ3n) is 3.66. The molecule has 1 atom stereocenters. The average molecular weight is 248 g/mol. The van der Waals surface area contributed by atoms with Crippen LogP contribution in [0.2, 0.25) is 0 Å². The number of nitrogens with zero attached hydrogens (tertiary/aromatic N) is 1. The van der Waals surface area contributed by atoms with Gasteiger partial charge in [0, 0.05) is 32.4 Å². The third kappa shape index (κ3) is 3.24. The lowest BCUT2D eigenvalue weighted by atomic mass is 10.0. The van der Waals surface area contributed by atoms with Crippen LogP contribution in [-0.2, 0) is 11.3 Å². The minimum atomic E-state index is 0.598. The first-order valence-corrected chi connectivity index (χ1v) is 6.79. The van der Waals surface area contributed by atoms with E-state index in [-0.39, 0.29) is 0 Å². The Hall–Kier alpha value is -1.06. The van der Waals surface area contributed by atoms with Gasteiger partial charge in [-0.05, 0) is 42.9 Å². The van der Waals surface area contributed by atoms with Crippen LogP contribution in [0.5, 0.6) is 0 Å². The number of anilines is 1. The summed E-state index contributed by atoms with van der Waals surface area (Å²) >= 11 is 0. The number of nitrogens with two attached hydrogens (primary N) is 1. The molecule has 1 saturated heterocycles. The number of ether oxygens (including phenoxy) is 1. The lowest BCUT2D eigenvalue weighted by molar-refractivity contribution is 0.0576. The smallest absolute Gasteiger partial charge is 0.0511 e. The van der Waals surface area contributed by atoms with Gasteiger partial charge < -0.3 is 15.4 Å². The van der Waals surface area contributed by atoms with Crippen molar-refractivity contribution >= 4 is 5.69 Å². The Labute approximate surface area is 110 Å². The first-order valence-electron chi connectivity index (χ1n) is 6.79. The number of rotatable bonds is 4. The van der Waals surface area contributed by atoms with Crippen molar-refractivity contribution in [2.45, 2.75) is 26.3 Å². The predicted molar refractivity (Wildman–Crippen MR) is 75.9 cm³/mol. The van der Waals surface area contributed by atoms with E-state index in [0.29, 0.717) is 12.5 Å². The molecule has 0 amide bonds. The second-order valence-electron chi connectivity index (χ2n) is 5.30. The van der Waals surface area contributed by atoms with Gasteiger partial charge in [-0.2, -0.15) is 0 Å². The molecule has 18 heavy (non-hydrogen) atoms. The maximum atomic E-state index is 5.82. The molecule has 0 aromatic heterocycles. The highest BCUT2D eigenvalue weighted by atomic mass is 16.5. The van der Waals surface area contributed by atoms with Crippen LogP contribution >= 0.6 is 0 Å². The lowest BCUT2D eigenvalue weighted by Crippen LogP contribution is -2.31. The number of hydrogen-bond donors (Lipinski definition) is 1. The summed E-state index contributed by atoms with van der Waals surface area (Å²) in [4.78, 5) is 2.33. The summed E-state index contributed by atoms with van der Waals surface area (Å²) in [5.41, 5.74) is 9.60. The second-order valence-corrected chi connectivity index (χ2v) is 5.30. The molecule has 2 N–H and O–H groups in total. The van der Waals surface area contributed by atoms with E-state index in [9.17, 15) is 0 Å². The molecular weight excluding hydrogens is 224 g/mol. The molecule has 3 heteroatoms. The molecule has 1 unspecified atom stereocenters. The Morgan fingerprint density at radius 2 is 2.28 bits per heavy atom. The van der Waals surface area contributed by atoms with Gasteiger partial charge in [0.2, 0.25) is 0 Å². The van der Waals surface area contributed by atoms with E-state index in [1.807, 2.05) is 0 Å². The van der Waals surface area contributed by atoms with Crippen molar-refractivity contribution in [3.05, 3.63) is 29.3 Å². The van der Waals surface area contributed by atoms with Crippen LogP contribution < -0.4 is 10.6 Å². The Morgan fingerprint density at radius 1 is 1.44 bits per heavy atom. The zero-order chi connectivity index (χ0) is 13.0. The van der Waals surface area contributed by atoms with E-state index < -0.39 is 0 Å². The van der Waals surface area contributed by atoms with E-state index in [2.05, 4.69) is 37.1 Å². The molecule has 0 aliphatic carbocycles. The molecule has 0 spiro atoms. The van der Waals surface area contributed by atoms with E-state index >= 15 is 0 Å². The number of hydrogen-bond acceptors (Lipinski definition) is 3. The summed E-state index contributed by atoms with van der Waals surface area (Å²) in [5.74, 6) is 0.648. The van der Waals surface area contributed by atoms with Gasteiger partial charge in [-0.25, -0.2) is 0 Å². The summed E-state index contributed by atoms with van der Waals surface area (Å²) in [6, 6.07) is 6.49. The van der Waals surface area contributed by atoms with Crippen LogP contribution in [0, 0.1) is 12.8 Å². The SMILES string of the molecule is Cc1ccc(CN)c(N(C)CC2CCCOC2)c1. The molecule has 100 valence electrons. The summed E-state index contributed by atoms with van der Waals surface area (Å²) in [7, 11) is 2.16. The van der Waals surface area contributed by atoms with Crippen molar-refractivity contribution in [2.75, 3.05) is 31.7 Å². The standard InChI is InChI=1S/C15H24N2O/c1-12-5-6-14(9-16)15(8-12)17(2)10-13-4-3-7-18-11-13/h5-6,8,13H,3-4,7,9-11,16H2,1-2H3. The summed E-state index contributed by atoms with van der Waals surface area (Å²) in [6.07, 6.45) is 2.46. The summed E-state index contributed by atoms with van der Waals surface area (Å²) in [6.45, 7) is 5.60. The first kappa shape index (κ1) is 13.4. The zero-order valence-corrected chi connectivity index (χ0v) is 11.5. The van der Waals surface area contributed by atoms with Gasteiger partial charge in [-0.1, -0.05) is 12.1 Å². The van der Waals surface area contributed by atoms with Crippen LogP contribution in [0.25, 0.3) is 0 Å². The fourth-order valence-corrected chi connectivity index (χ4v) is 2.64. The summed E-state index contributed by atoms with van der Waals surface area (Å²) in [5, 5.41) is 0. The van der Waals surface area contributed by atoms with E-state index in [1.54, 1.807) is 0 Å². The second kappa shape index (κ2) is 6.21. The predicted octanol–water partition coefficient (Wildman–Crippen LogP) is 2.32. The van der Waals surface area contributed by atoms with Gasteiger partial charge in [0.1, 0.15) is 0 Å². The molecule has 1 aliphatic rings. The highest BCUT2D eigenvalue weighted by Crippen LogP contribution is 2.23. The minimum absolute atomic E-state index is 0.598. The van der Waals surface area contributed by atoms with Gasteiger partial charge in [-0.15, -0.1) is 0 Å². The van der Waals surface area contributed by atoms with Crippen LogP contribution in [0.3, 0.4) is 0 Å². The largest absolute Gasteiger partial charge is 0.381 e. The maximum Gasteiger partial charge on any atom is 0.0511 e. The van der Waals surface area contributed by atoms with Crippen molar-refractivity contribution in [3.63, 3.8) is 0 Å². The Kier molecular flexibility index (Phi) is 4.61. The molecule has 1 aliphatic heterocycles. The van der Waals surface area contributed by atoms with Crippen molar-refractivity contribution in [2.24, 2.45) is 11.7 Å². The fraction of sp³-hybridized carbons (Fsp3) is 0.600. The molecular formula is C15H24N2O. The first-order chi connectivity index (χ1) is 8.70. The van der Waals surface area contributed by atoms with Crippen LogP contribution in [-0.4, -0.2) is 26.8 Å². The highest BCUT2D eigenvalue weighted by molar-refractivity contribution is 5.55. The fourth-order valence-electron chi connectivity index (χ4n) is 2.64. The third-order valence-corrected chi connectivity index (χ3v) is 3.66. The molecule has 1 aromatic rings. The Bertz CT molecular complexity index is 386. The Morgan fingerprint density at radius 3 is 2.94 bits per heavy atom. The number of benzene rings is 1. The zero-order valence-electron chi connectivity index (χ0n) is 11.5. The van der Waals surface area contributed by atoms with Crippen molar-refractivity contribution in [1.29, 1.82) is 0 Å². The molecule has 1 fully saturated rings. The molecule has 0 radical (unpaired) electrons. The van der Waals surface area contributed by atoms with Gasteiger partial charge in [0.05, 0.1) is 6.61 Å². The van der Waals surface area contributed by atoms with Gasteiger partial charge in [0.15, 0.2) is 0 Å². The monoisotopic (exact) mass is 248 g/mol. The van der Waals surface area contributed by atoms with Crippen molar-refractivity contribution < 1.29 is 4.74 Å². The summed E-state index contributed by atoms with van der Waals surface area (Å²) < 4.78 is 5.55. The molecule has 1 heterocycles. The molecule has 3 nitrogen and oxygen atoms in total. The topological polar surface area (TPSA) is 38.5 Å². The molecule has 1 aromatic carbocycles. The average Bonchev–Trinajstić information content (AvgIpc) is 2.40. The van der Waals surface area contributed by atoms with Crippen LogP contribution in [0.15, 0.2) is 18.2 Å². The van der Waals surface area contributed by atoms with Crippen LogP contribution in [0.1, 0.15) is 24.0 Å². The molecule has 0 bridgehead atoms. The number of aryl methyl sites for hydroxylation is 1. The van der Waals surface area contributed by atoms with Gasteiger partial charge >= 0.3 is 0 Å². The molecule has 2 rings (SSSR count). The van der Waals surface area contributed by atoms with Gasteiger partial charge in [-0.3, -0.25) is 0 Å². The van der Waals surface area contributed by atoms with E-state index in [1.165, 1.54) is 29.7 Å². The van der Waals surface area contributed by atoms with E-state index in [0.717, 1.165) is 19.8 Å². The Balaban J connectivity index is 2.07. The normalized spacial score (nSPS) is 19.8. The highest BCUT2D eigenvalue weighted by Gasteiger charge is 2.17. The minimum Gasteiger partial charge on any atom is -0.381 e. The maximum absolute atomic E-state index is 5.82. The molecule has 0 saturated carbocycles.